The Morgan fingerprint density at radius 2 is 1.48 bits per heavy atom. The average molecular weight is 292 g/mol. The van der Waals surface area contributed by atoms with Gasteiger partial charge in [0, 0.05) is 6.54 Å². The molecule has 0 atom stereocenters. The lowest BCUT2D eigenvalue weighted by Gasteiger charge is -2.23. The van der Waals surface area contributed by atoms with Crippen molar-refractivity contribution in [3.63, 3.8) is 0 Å². The summed E-state index contributed by atoms with van der Waals surface area (Å²) in [6.45, 7) is 12.9. The second-order valence-corrected chi connectivity index (χ2v) is 5.25. The minimum Gasteiger partial charge on any atom is -0.478 e. The lowest BCUT2D eigenvalue weighted by Crippen LogP contribution is -2.29. The van der Waals surface area contributed by atoms with E-state index in [0.29, 0.717) is 5.56 Å². The normalized spacial score (nSPS) is 11.3. The minimum absolute atomic E-state index is 0.350. The highest BCUT2D eigenvalue weighted by atomic mass is 16.4. The molecule has 0 saturated heterocycles. The smallest absolute Gasteiger partial charge is 0.335 e. The van der Waals surface area contributed by atoms with Crippen molar-refractivity contribution in [2.75, 3.05) is 32.7 Å². The van der Waals surface area contributed by atoms with E-state index in [4.69, 9.17) is 5.11 Å². The van der Waals surface area contributed by atoms with E-state index in [9.17, 15) is 4.79 Å². The molecule has 21 heavy (non-hydrogen) atoms. The number of carboxylic acid groups (broad SMARTS) is 1. The number of nitrogens with zero attached hydrogens (tertiary/aromatic N) is 2. The van der Waals surface area contributed by atoms with Gasteiger partial charge in [0.25, 0.3) is 0 Å². The molecule has 1 aromatic carbocycles. The number of benzene rings is 1. The van der Waals surface area contributed by atoms with Crippen molar-refractivity contribution in [2.24, 2.45) is 0 Å². The van der Waals surface area contributed by atoms with Crippen LogP contribution < -0.4 is 0 Å². The third kappa shape index (κ3) is 6.27. The van der Waals surface area contributed by atoms with Crippen LogP contribution in [0.15, 0.2) is 24.3 Å². The quantitative estimate of drug-likeness (QED) is 0.720. The van der Waals surface area contributed by atoms with E-state index in [1.165, 1.54) is 12.0 Å². The van der Waals surface area contributed by atoms with Crippen LogP contribution >= 0.6 is 0 Å². The molecule has 0 aromatic heterocycles. The molecule has 1 N–H and O–H groups in total. The highest BCUT2D eigenvalue weighted by Gasteiger charge is 2.07. The molecule has 0 unspecified atom stereocenters. The van der Waals surface area contributed by atoms with Crippen LogP contribution in [0.1, 0.15) is 43.1 Å². The summed E-state index contributed by atoms with van der Waals surface area (Å²) in [7, 11) is 0. The zero-order chi connectivity index (χ0) is 15.7. The van der Waals surface area contributed by atoms with Gasteiger partial charge < -0.3 is 10.0 Å². The maximum atomic E-state index is 10.8. The van der Waals surface area contributed by atoms with Gasteiger partial charge in [-0.25, -0.2) is 4.79 Å². The Morgan fingerprint density at radius 1 is 0.952 bits per heavy atom. The first-order valence-corrected chi connectivity index (χ1v) is 7.87. The number of aromatic carboxylic acids is 1. The summed E-state index contributed by atoms with van der Waals surface area (Å²) in [5.74, 6) is -0.867. The summed E-state index contributed by atoms with van der Waals surface area (Å²) >= 11 is 0. The molecule has 0 aliphatic rings. The van der Waals surface area contributed by atoms with Gasteiger partial charge in [-0.3, -0.25) is 4.90 Å². The van der Waals surface area contributed by atoms with E-state index in [2.05, 4.69) is 30.6 Å². The van der Waals surface area contributed by atoms with Crippen LogP contribution in [0.3, 0.4) is 0 Å². The standard InChI is InChI=1S/C17H28N2O2/c1-4-18(5-2)12-7-13-19(6-3)14-15-8-10-16(11-9-15)17(20)21/h8-11H,4-7,12-14H2,1-3H3,(H,20,21). The number of carboxylic acids is 1. The number of hydrogen-bond donors (Lipinski definition) is 1. The first-order valence-electron chi connectivity index (χ1n) is 7.87. The van der Waals surface area contributed by atoms with Gasteiger partial charge in [0.1, 0.15) is 0 Å². The molecule has 0 aliphatic heterocycles. The Balaban J connectivity index is 2.44. The molecule has 4 heteroatoms. The molecule has 0 spiro atoms. The fraction of sp³-hybridized carbons (Fsp3) is 0.588. The van der Waals surface area contributed by atoms with E-state index in [1.807, 2.05) is 12.1 Å². The molecule has 0 radical (unpaired) electrons. The SMILES string of the molecule is CCN(CC)CCCN(CC)Cc1ccc(C(=O)O)cc1. The maximum Gasteiger partial charge on any atom is 0.335 e. The molecule has 0 saturated carbocycles. The molecular formula is C17H28N2O2. The van der Waals surface area contributed by atoms with Crippen molar-refractivity contribution >= 4 is 5.97 Å². The van der Waals surface area contributed by atoms with E-state index in [1.54, 1.807) is 12.1 Å². The number of carbonyl (C=O) groups is 1. The van der Waals surface area contributed by atoms with E-state index >= 15 is 0 Å². The van der Waals surface area contributed by atoms with Crippen molar-refractivity contribution < 1.29 is 9.90 Å². The molecule has 1 rings (SSSR count). The van der Waals surface area contributed by atoms with Crippen molar-refractivity contribution in [3.8, 4) is 0 Å². The van der Waals surface area contributed by atoms with Gasteiger partial charge in [-0.1, -0.05) is 32.9 Å². The summed E-state index contributed by atoms with van der Waals surface area (Å²) in [5, 5.41) is 8.90. The molecule has 0 aliphatic carbocycles. The average Bonchev–Trinajstić information content (AvgIpc) is 2.50. The highest BCUT2D eigenvalue weighted by Crippen LogP contribution is 2.08. The molecule has 1 aromatic rings. The lowest BCUT2D eigenvalue weighted by molar-refractivity contribution is 0.0697. The Labute approximate surface area is 128 Å². The second kappa shape index (κ2) is 9.53. The van der Waals surface area contributed by atoms with Crippen LogP contribution in [0.5, 0.6) is 0 Å². The van der Waals surface area contributed by atoms with Crippen LogP contribution in [0.2, 0.25) is 0 Å². The summed E-state index contributed by atoms with van der Waals surface area (Å²) in [6.07, 6.45) is 1.17. The van der Waals surface area contributed by atoms with Crippen LogP contribution in [-0.4, -0.2) is 53.6 Å². The van der Waals surface area contributed by atoms with Crippen molar-refractivity contribution in [1.29, 1.82) is 0 Å². The molecule has 118 valence electrons. The van der Waals surface area contributed by atoms with Crippen LogP contribution in [0.4, 0.5) is 0 Å². The van der Waals surface area contributed by atoms with Crippen LogP contribution in [0, 0.1) is 0 Å². The molecule has 0 fully saturated rings. The summed E-state index contributed by atoms with van der Waals surface area (Å²) in [6, 6.07) is 7.19. The Hall–Kier alpha value is -1.39. The topological polar surface area (TPSA) is 43.8 Å². The van der Waals surface area contributed by atoms with Gasteiger partial charge in [-0.15, -0.1) is 0 Å². The van der Waals surface area contributed by atoms with Gasteiger partial charge in [0.05, 0.1) is 5.56 Å². The largest absolute Gasteiger partial charge is 0.478 e. The third-order valence-corrected chi connectivity index (χ3v) is 3.90. The highest BCUT2D eigenvalue weighted by molar-refractivity contribution is 5.87. The van der Waals surface area contributed by atoms with Gasteiger partial charge in [0.15, 0.2) is 0 Å². The predicted molar refractivity (Wildman–Crippen MR) is 86.8 cm³/mol. The van der Waals surface area contributed by atoms with Gasteiger partial charge in [-0.2, -0.15) is 0 Å². The second-order valence-electron chi connectivity index (χ2n) is 5.25. The van der Waals surface area contributed by atoms with E-state index in [0.717, 1.165) is 39.3 Å². The van der Waals surface area contributed by atoms with Gasteiger partial charge in [-0.05, 0) is 56.8 Å². The zero-order valence-corrected chi connectivity index (χ0v) is 13.5. The Morgan fingerprint density at radius 3 is 1.95 bits per heavy atom. The summed E-state index contributed by atoms with van der Waals surface area (Å²) in [5.41, 5.74) is 1.52. The monoisotopic (exact) mass is 292 g/mol. The van der Waals surface area contributed by atoms with Gasteiger partial charge in [0.2, 0.25) is 0 Å². The van der Waals surface area contributed by atoms with Crippen molar-refractivity contribution in [1.82, 2.24) is 9.80 Å². The maximum absolute atomic E-state index is 10.8. The third-order valence-electron chi connectivity index (χ3n) is 3.90. The number of hydrogen-bond acceptors (Lipinski definition) is 3. The Kier molecular flexibility index (Phi) is 8.01. The van der Waals surface area contributed by atoms with Crippen LogP contribution in [0.25, 0.3) is 0 Å². The number of rotatable bonds is 10. The fourth-order valence-corrected chi connectivity index (χ4v) is 2.42. The predicted octanol–water partition coefficient (Wildman–Crippen LogP) is 2.94. The van der Waals surface area contributed by atoms with Crippen molar-refractivity contribution in [3.05, 3.63) is 35.4 Å². The first-order chi connectivity index (χ1) is 10.1. The summed E-state index contributed by atoms with van der Waals surface area (Å²) < 4.78 is 0. The van der Waals surface area contributed by atoms with E-state index in [-0.39, 0.29) is 0 Å². The molecule has 0 amide bonds. The molecule has 0 heterocycles. The minimum atomic E-state index is -0.867. The molecule has 0 bridgehead atoms. The Bertz CT molecular complexity index is 413. The van der Waals surface area contributed by atoms with Crippen LogP contribution in [-0.2, 0) is 6.54 Å². The van der Waals surface area contributed by atoms with Crippen molar-refractivity contribution in [2.45, 2.75) is 33.7 Å². The molecule has 4 nitrogen and oxygen atoms in total. The zero-order valence-electron chi connectivity index (χ0n) is 13.5. The van der Waals surface area contributed by atoms with E-state index < -0.39 is 5.97 Å². The lowest BCUT2D eigenvalue weighted by atomic mass is 10.1. The molecular weight excluding hydrogens is 264 g/mol. The fourth-order valence-electron chi connectivity index (χ4n) is 2.42. The van der Waals surface area contributed by atoms with Gasteiger partial charge >= 0.3 is 5.97 Å². The first kappa shape index (κ1) is 17.7. The summed E-state index contributed by atoms with van der Waals surface area (Å²) in [4.78, 5) is 15.7.